The van der Waals surface area contributed by atoms with Crippen LogP contribution in [0.3, 0.4) is 0 Å². The van der Waals surface area contributed by atoms with Gasteiger partial charge < -0.3 is 10.3 Å². The number of benzene rings is 1. The smallest absolute Gasteiger partial charge is 0.149 e. The molecule has 0 radical (unpaired) electrons. The van der Waals surface area contributed by atoms with Gasteiger partial charge in [0.15, 0.2) is 0 Å². The number of hydrogen-bond donors (Lipinski definition) is 2. The van der Waals surface area contributed by atoms with Gasteiger partial charge in [-0.25, -0.2) is 13.8 Å². The summed E-state index contributed by atoms with van der Waals surface area (Å²) in [5.74, 6) is -1.25. The number of imidazole rings is 1. The van der Waals surface area contributed by atoms with E-state index in [0.29, 0.717) is 6.54 Å². The lowest BCUT2D eigenvalue weighted by molar-refractivity contribution is 0.580. The minimum atomic E-state index is -0.626. The molecule has 0 aliphatic heterocycles. The molecule has 1 aromatic heterocycles. The van der Waals surface area contributed by atoms with Crippen LogP contribution >= 0.6 is 15.9 Å². The van der Waals surface area contributed by atoms with E-state index in [-0.39, 0.29) is 10.2 Å². The number of H-pyrrole nitrogens is 1. The van der Waals surface area contributed by atoms with Crippen LogP contribution in [-0.2, 0) is 6.54 Å². The van der Waals surface area contributed by atoms with Gasteiger partial charge in [0.25, 0.3) is 0 Å². The standard InChI is InChI=1S/C11H10BrF2N3/c1-6-11(17-5-16-6)4-15-10-2-7(12)8(13)3-9(10)14/h2-3,5,15H,4H2,1H3,(H,16,17). The number of rotatable bonds is 3. The van der Waals surface area contributed by atoms with Crippen LogP contribution in [0.25, 0.3) is 0 Å². The largest absolute Gasteiger partial charge is 0.377 e. The molecule has 0 saturated heterocycles. The van der Waals surface area contributed by atoms with Crippen molar-refractivity contribution in [1.29, 1.82) is 0 Å². The molecule has 0 unspecified atom stereocenters. The van der Waals surface area contributed by atoms with Gasteiger partial charge in [-0.05, 0) is 28.9 Å². The van der Waals surface area contributed by atoms with Crippen molar-refractivity contribution < 1.29 is 8.78 Å². The van der Waals surface area contributed by atoms with Crippen molar-refractivity contribution in [3.63, 3.8) is 0 Å². The third-order valence-corrected chi connectivity index (χ3v) is 3.00. The van der Waals surface area contributed by atoms with Crippen LogP contribution in [0.2, 0.25) is 0 Å². The SMILES string of the molecule is Cc1[nH]cnc1CNc1cc(Br)c(F)cc1F. The van der Waals surface area contributed by atoms with Crippen LogP contribution in [-0.4, -0.2) is 9.97 Å². The molecule has 17 heavy (non-hydrogen) atoms. The van der Waals surface area contributed by atoms with Crippen LogP contribution < -0.4 is 5.32 Å². The number of halogens is 3. The second-order valence-corrected chi connectivity index (χ2v) is 4.43. The van der Waals surface area contributed by atoms with E-state index >= 15 is 0 Å². The Bertz CT molecular complexity index is 540. The van der Waals surface area contributed by atoms with Gasteiger partial charge in [0.05, 0.1) is 28.7 Å². The molecule has 90 valence electrons. The van der Waals surface area contributed by atoms with Crippen molar-refractivity contribution in [2.75, 3.05) is 5.32 Å². The molecule has 3 nitrogen and oxygen atoms in total. The molecule has 2 aromatic rings. The molecule has 0 fully saturated rings. The summed E-state index contributed by atoms with van der Waals surface area (Å²) < 4.78 is 26.6. The molecule has 2 N–H and O–H groups in total. The number of nitrogens with one attached hydrogen (secondary N) is 2. The first-order valence-electron chi connectivity index (χ1n) is 4.95. The molecule has 0 atom stereocenters. The van der Waals surface area contributed by atoms with Gasteiger partial charge in [-0.3, -0.25) is 0 Å². The molecule has 0 aliphatic carbocycles. The highest BCUT2D eigenvalue weighted by atomic mass is 79.9. The molecule has 6 heteroatoms. The number of aryl methyl sites for hydroxylation is 1. The number of anilines is 1. The first-order chi connectivity index (χ1) is 8.08. The van der Waals surface area contributed by atoms with Gasteiger partial charge in [0.1, 0.15) is 11.6 Å². The quantitative estimate of drug-likeness (QED) is 0.853. The van der Waals surface area contributed by atoms with E-state index < -0.39 is 11.6 Å². The summed E-state index contributed by atoms with van der Waals surface area (Å²) >= 11 is 3.01. The molecule has 2 rings (SSSR count). The average molecular weight is 302 g/mol. The first-order valence-corrected chi connectivity index (χ1v) is 5.74. The van der Waals surface area contributed by atoms with E-state index in [0.717, 1.165) is 17.5 Å². The van der Waals surface area contributed by atoms with Crippen molar-refractivity contribution in [1.82, 2.24) is 9.97 Å². The van der Waals surface area contributed by atoms with E-state index in [4.69, 9.17) is 0 Å². The topological polar surface area (TPSA) is 40.7 Å². The summed E-state index contributed by atoms with van der Waals surface area (Å²) in [7, 11) is 0. The van der Waals surface area contributed by atoms with Crippen molar-refractivity contribution in [2.24, 2.45) is 0 Å². The molecule has 1 aromatic carbocycles. The fourth-order valence-corrected chi connectivity index (χ4v) is 1.75. The highest BCUT2D eigenvalue weighted by Crippen LogP contribution is 2.24. The van der Waals surface area contributed by atoms with Crippen molar-refractivity contribution >= 4 is 21.6 Å². The van der Waals surface area contributed by atoms with Gasteiger partial charge >= 0.3 is 0 Å². The first kappa shape index (κ1) is 12.0. The van der Waals surface area contributed by atoms with Crippen LogP contribution in [0.5, 0.6) is 0 Å². The van der Waals surface area contributed by atoms with Gasteiger partial charge in [-0.1, -0.05) is 0 Å². The molecular weight excluding hydrogens is 292 g/mol. The van der Waals surface area contributed by atoms with E-state index in [1.165, 1.54) is 6.07 Å². The molecule has 0 aliphatic rings. The minimum Gasteiger partial charge on any atom is -0.377 e. The van der Waals surface area contributed by atoms with E-state index in [1.807, 2.05) is 6.92 Å². The predicted molar refractivity (Wildman–Crippen MR) is 64.7 cm³/mol. The zero-order valence-electron chi connectivity index (χ0n) is 9.02. The van der Waals surface area contributed by atoms with Crippen LogP contribution in [0, 0.1) is 18.6 Å². The zero-order valence-corrected chi connectivity index (χ0v) is 10.6. The minimum absolute atomic E-state index is 0.222. The Balaban J connectivity index is 2.14. The summed E-state index contributed by atoms with van der Waals surface area (Å²) in [6, 6.07) is 2.20. The molecule has 0 saturated carbocycles. The number of aromatic nitrogens is 2. The van der Waals surface area contributed by atoms with Crippen molar-refractivity contribution in [3.05, 3.63) is 46.0 Å². The lowest BCUT2D eigenvalue weighted by Gasteiger charge is -2.07. The predicted octanol–water partition coefficient (Wildman–Crippen LogP) is 3.37. The lowest BCUT2D eigenvalue weighted by Crippen LogP contribution is -2.03. The van der Waals surface area contributed by atoms with Gasteiger partial charge in [0.2, 0.25) is 0 Å². The Labute approximate surface area is 105 Å². The number of nitrogens with zero attached hydrogens (tertiary/aromatic N) is 1. The molecule has 1 heterocycles. The fraction of sp³-hybridized carbons (Fsp3) is 0.182. The zero-order chi connectivity index (χ0) is 12.4. The molecule has 0 spiro atoms. The van der Waals surface area contributed by atoms with Gasteiger partial charge in [0, 0.05) is 11.8 Å². The van der Waals surface area contributed by atoms with Gasteiger partial charge in [-0.15, -0.1) is 0 Å². The number of hydrogen-bond acceptors (Lipinski definition) is 2. The fourth-order valence-electron chi connectivity index (χ4n) is 1.40. The normalized spacial score (nSPS) is 10.6. The molecule has 0 amide bonds. The van der Waals surface area contributed by atoms with Crippen LogP contribution in [0.15, 0.2) is 22.9 Å². The average Bonchev–Trinajstić information content (AvgIpc) is 2.68. The Morgan fingerprint density at radius 1 is 1.35 bits per heavy atom. The number of aromatic amines is 1. The second-order valence-electron chi connectivity index (χ2n) is 3.57. The summed E-state index contributed by atoms with van der Waals surface area (Å²) in [5, 5.41) is 2.87. The molecular formula is C11H10BrF2N3. The Kier molecular flexibility index (Phi) is 3.42. The summed E-state index contributed by atoms with van der Waals surface area (Å²) in [4.78, 5) is 7.00. The maximum absolute atomic E-state index is 13.4. The lowest BCUT2D eigenvalue weighted by atomic mass is 10.2. The Morgan fingerprint density at radius 2 is 2.12 bits per heavy atom. The summed E-state index contributed by atoms with van der Waals surface area (Å²) in [5.41, 5.74) is 1.95. The summed E-state index contributed by atoms with van der Waals surface area (Å²) in [6.07, 6.45) is 1.57. The Morgan fingerprint density at radius 3 is 2.76 bits per heavy atom. The monoisotopic (exact) mass is 301 g/mol. The maximum Gasteiger partial charge on any atom is 0.149 e. The van der Waals surface area contributed by atoms with Crippen LogP contribution in [0.4, 0.5) is 14.5 Å². The molecule has 0 bridgehead atoms. The van der Waals surface area contributed by atoms with Crippen LogP contribution in [0.1, 0.15) is 11.4 Å². The highest BCUT2D eigenvalue weighted by Gasteiger charge is 2.08. The van der Waals surface area contributed by atoms with E-state index in [1.54, 1.807) is 6.33 Å². The van der Waals surface area contributed by atoms with E-state index in [2.05, 4.69) is 31.2 Å². The van der Waals surface area contributed by atoms with E-state index in [9.17, 15) is 8.78 Å². The highest BCUT2D eigenvalue weighted by molar-refractivity contribution is 9.10. The third-order valence-electron chi connectivity index (χ3n) is 2.39. The van der Waals surface area contributed by atoms with Crippen molar-refractivity contribution in [2.45, 2.75) is 13.5 Å². The maximum atomic E-state index is 13.4. The third kappa shape index (κ3) is 2.63. The Hall–Kier alpha value is -1.43. The van der Waals surface area contributed by atoms with Crippen molar-refractivity contribution in [3.8, 4) is 0 Å². The summed E-state index contributed by atoms with van der Waals surface area (Å²) in [6.45, 7) is 2.26. The van der Waals surface area contributed by atoms with Gasteiger partial charge in [-0.2, -0.15) is 0 Å². The second kappa shape index (κ2) is 4.83.